The lowest BCUT2D eigenvalue weighted by Gasteiger charge is -2.34. The van der Waals surface area contributed by atoms with E-state index < -0.39 is 0 Å². The van der Waals surface area contributed by atoms with Crippen molar-refractivity contribution in [2.75, 3.05) is 55.5 Å². The Morgan fingerprint density at radius 1 is 1.32 bits per heavy atom. The summed E-state index contributed by atoms with van der Waals surface area (Å²) in [6.45, 7) is 5.54. The minimum absolute atomic E-state index is 0.289. The molecule has 202 valence electrons. The van der Waals surface area contributed by atoms with Crippen molar-refractivity contribution in [3.63, 3.8) is 0 Å². The van der Waals surface area contributed by atoms with Gasteiger partial charge >= 0.3 is 6.01 Å². The monoisotopic (exact) mass is 539 g/mol. The molecule has 4 aromatic rings. The van der Waals surface area contributed by atoms with Crippen LogP contribution in [0.1, 0.15) is 23.7 Å². The molecule has 0 radical (unpaired) electrons. The molecule has 0 unspecified atom stereocenters. The number of nitrogens with one attached hydrogen (secondary N) is 2. The Labute approximate surface area is 226 Å². The first-order valence-electron chi connectivity index (χ1n) is 12.6. The number of aromatic nitrogens is 4. The van der Waals surface area contributed by atoms with Crippen LogP contribution in [0.5, 0.6) is 6.01 Å². The third kappa shape index (κ3) is 6.51. The van der Waals surface area contributed by atoms with E-state index in [4.69, 9.17) is 4.74 Å². The van der Waals surface area contributed by atoms with E-state index in [0.717, 1.165) is 60.2 Å². The lowest BCUT2D eigenvalue weighted by molar-refractivity contribution is 0.112. The summed E-state index contributed by atoms with van der Waals surface area (Å²) < 4.78 is 20.6. The summed E-state index contributed by atoms with van der Waals surface area (Å²) in [7, 11) is 3.54. The van der Waals surface area contributed by atoms with Crippen molar-refractivity contribution in [3.8, 4) is 6.01 Å². The normalized spacial score (nSPS) is 15.3. The fourth-order valence-electron chi connectivity index (χ4n) is 4.43. The standard InChI is InChI=1S/C18H24N4O2S.C9H10FN3/c1-13-11-22(7-6-19-13)16-5-4-14(12-23)17-15(16)10-20-18(21-17)24-8-3-9-25-2;1-11-7-3-6-5-13(2)12-9(6)8(10)4-7/h4-5,10,12-13,19H,3,6-9,11H2,1-2H3;3-5,11H,1-2H3/t13-;/m1./s1. The minimum atomic E-state index is -0.289. The number of aryl methyl sites for hydroxylation is 1. The first-order chi connectivity index (χ1) is 18.4. The van der Waals surface area contributed by atoms with Crippen LogP contribution in [0.25, 0.3) is 21.8 Å². The number of halogens is 1. The SMILES string of the molecule is CNc1cc(F)c2nn(C)cc2c1.CSCCCOc1ncc2c(N3CCN[C@H](C)C3)ccc(C=O)c2n1. The van der Waals surface area contributed by atoms with Crippen molar-refractivity contribution >= 4 is 51.2 Å². The molecule has 1 aliphatic heterocycles. The van der Waals surface area contributed by atoms with Gasteiger partial charge in [-0.2, -0.15) is 21.8 Å². The predicted octanol–water partition coefficient (Wildman–Crippen LogP) is 4.13. The number of fused-ring (bicyclic) bond motifs is 2. The van der Waals surface area contributed by atoms with Crippen molar-refractivity contribution in [1.29, 1.82) is 0 Å². The molecule has 2 aromatic heterocycles. The summed E-state index contributed by atoms with van der Waals surface area (Å²) in [4.78, 5) is 22.6. The molecule has 0 spiro atoms. The number of carbonyl (C=O) groups excluding carboxylic acids is 1. The summed E-state index contributed by atoms with van der Waals surface area (Å²) in [5.74, 6) is 0.751. The fourth-order valence-corrected chi connectivity index (χ4v) is 4.83. The third-order valence-corrected chi connectivity index (χ3v) is 6.96. The van der Waals surface area contributed by atoms with Crippen molar-refractivity contribution in [2.45, 2.75) is 19.4 Å². The number of anilines is 2. The van der Waals surface area contributed by atoms with Gasteiger partial charge in [0.05, 0.1) is 12.1 Å². The molecule has 11 heteroatoms. The molecule has 5 rings (SSSR count). The molecule has 3 heterocycles. The maximum Gasteiger partial charge on any atom is 0.316 e. The Morgan fingerprint density at radius 2 is 2.16 bits per heavy atom. The zero-order chi connectivity index (χ0) is 27.1. The Morgan fingerprint density at radius 3 is 2.89 bits per heavy atom. The van der Waals surface area contributed by atoms with E-state index in [-0.39, 0.29) is 5.82 Å². The van der Waals surface area contributed by atoms with Gasteiger partial charge in [0.25, 0.3) is 0 Å². The molecule has 1 saturated heterocycles. The molecule has 1 fully saturated rings. The Balaban J connectivity index is 0.000000216. The number of nitrogens with zero attached hydrogens (tertiary/aromatic N) is 5. The summed E-state index contributed by atoms with van der Waals surface area (Å²) in [6.07, 6.45) is 7.43. The van der Waals surface area contributed by atoms with E-state index in [1.165, 1.54) is 6.07 Å². The molecule has 0 bridgehead atoms. The minimum Gasteiger partial charge on any atom is -0.463 e. The highest BCUT2D eigenvalue weighted by Gasteiger charge is 2.19. The lowest BCUT2D eigenvalue weighted by atomic mass is 10.1. The zero-order valence-corrected chi connectivity index (χ0v) is 23.0. The second kappa shape index (κ2) is 12.9. The summed E-state index contributed by atoms with van der Waals surface area (Å²) in [6, 6.07) is 7.90. The fraction of sp³-hybridized carbons (Fsp3) is 0.407. The number of benzene rings is 2. The lowest BCUT2D eigenvalue weighted by Crippen LogP contribution is -2.49. The van der Waals surface area contributed by atoms with E-state index in [1.807, 2.05) is 18.2 Å². The van der Waals surface area contributed by atoms with Gasteiger partial charge in [0.15, 0.2) is 12.1 Å². The van der Waals surface area contributed by atoms with Crippen LogP contribution in [-0.4, -0.2) is 77.4 Å². The smallest absolute Gasteiger partial charge is 0.316 e. The van der Waals surface area contributed by atoms with Gasteiger partial charge in [0.1, 0.15) is 5.52 Å². The van der Waals surface area contributed by atoms with E-state index in [0.29, 0.717) is 35.3 Å². The molecular formula is C27H34FN7O2S. The molecule has 38 heavy (non-hydrogen) atoms. The maximum atomic E-state index is 13.3. The molecule has 2 N–H and O–H groups in total. The van der Waals surface area contributed by atoms with Crippen LogP contribution < -0.4 is 20.3 Å². The summed E-state index contributed by atoms with van der Waals surface area (Å²) in [5.41, 5.74) is 3.48. The molecule has 1 aliphatic rings. The highest BCUT2D eigenvalue weighted by molar-refractivity contribution is 7.98. The predicted molar refractivity (Wildman–Crippen MR) is 153 cm³/mol. The van der Waals surface area contributed by atoms with Crippen molar-refractivity contribution in [3.05, 3.63) is 48.0 Å². The number of rotatable bonds is 8. The number of aldehydes is 1. The Hall–Kier alpha value is -3.44. The largest absolute Gasteiger partial charge is 0.463 e. The van der Waals surface area contributed by atoms with Gasteiger partial charge < -0.3 is 20.3 Å². The molecule has 0 saturated carbocycles. The van der Waals surface area contributed by atoms with Gasteiger partial charge in [-0.15, -0.1) is 0 Å². The van der Waals surface area contributed by atoms with Crippen molar-refractivity contribution in [1.82, 2.24) is 25.1 Å². The third-order valence-electron chi connectivity index (χ3n) is 6.26. The second-order valence-corrected chi connectivity index (χ2v) is 10.1. The van der Waals surface area contributed by atoms with Gasteiger partial charge in [-0.25, -0.2) is 9.37 Å². The first kappa shape index (κ1) is 27.6. The van der Waals surface area contributed by atoms with Crippen LogP contribution >= 0.6 is 11.8 Å². The van der Waals surface area contributed by atoms with Crippen molar-refractivity contribution < 1.29 is 13.9 Å². The zero-order valence-electron chi connectivity index (χ0n) is 22.2. The number of thioether (sulfide) groups is 1. The highest BCUT2D eigenvalue weighted by atomic mass is 32.2. The van der Waals surface area contributed by atoms with Gasteiger partial charge in [-0.3, -0.25) is 9.48 Å². The van der Waals surface area contributed by atoms with E-state index >= 15 is 0 Å². The van der Waals surface area contributed by atoms with Gasteiger partial charge in [-0.1, -0.05) is 0 Å². The Kier molecular flexibility index (Phi) is 9.35. The first-order valence-corrected chi connectivity index (χ1v) is 14.0. The van der Waals surface area contributed by atoms with E-state index in [2.05, 4.69) is 43.8 Å². The molecule has 2 aromatic carbocycles. The molecule has 0 amide bonds. The second-order valence-electron chi connectivity index (χ2n) is 9.15. The number of hydrogen-bond acceptors (Lipinski definition) is 9. The van der Waals surface area contributed by atoms with Crippen LogP contribution in [0.4, 0.5) is 15.8 Å². The number of ether oxygens (including phenoxy) is 1. The summed E-state index contributed by atoms with van der Waals surface area (Å²) >= 11 is 1.79. The highest BCUT2D eigenvalue weighted by Crippen LogP contribution is 2.29. The number of piperazine rings is 1. The van der Waals surface area contributed by atoms with Gasteiger partial charge in [0, 0.05) is 79.9 Å². The number of hydrogen-bond donors (Lipinski definition) is 2. The summed E-state index contributed by atoms with van der Waals surface area (Å²) in [5, 5.41) is 12.0. The Bertz CT molecular complexity index is 1400. The van der Waals surface area contributed by atoms with Crippen LogP contribution in [-0.2, 0) is 7.05 Å². The molecule has 9 nitrogen and oxygen atoms in total. The number of carbonyl (C=O) groups is 1. The van der Waals surface area contributed by atoms with Gasteiger partial charge in [0.2, 0.25) is 0 Å². The molecule has 1 atom stereocenters. The molecular weight excluding hydrogens is 505 g/mol. The average Bonchev–Trinajstić information content (AvgIpc) is 3.31. The topological polar surface area (TPSA) is 97.2 Å². The van der Waals surface area contributed by atoms with Gasteiger partial charge in [-0.05, 0) is 49.6 Å². The van der Waals surface area contributed by atoms with Crippen LogP contribution in [0.15, 0.2) is 36.7 Å². The van der Waals surface area contributed by atoms with Crippen LogP contribution in [0, 0.1) is 5.82 Å². The quantitative estimate of drug-likeness (QED) is 0.253. The maximum absolute atomic E-state index is 13.3. The van der Waals surface area contributed by atoms with E-state index in [9.17, 15) is 9.18 Å². The average molecular weight is 540 g/mol. The van der Waals surface area contributed by atoms with Crippen LogP contribution in [0.3, 0.4) is 0 Å². The van der Waals surface area contributed by atoms with Crippen molar-refractivity contribution in [2.24, 2.45) is 7.05 Å². The molecule has 0 aliphatic carbocycles. The van der Waals surface area contributed by atoms with Crippen LogP contribution in [0.2, 0.25) is 0 Å². The van der Waals surface area contributed by atoms with E-state index in [1.54, 1.807) is 42.9 Å².